The predicted octanol–water partition coefficient (Wildman–Crippen LogP) is 4.83. The lowest BCUT2D eigenvalue weighted by Gasteiger charge is -2.09. The van der Waals surface area contributed by atoms with Crippen LogP contribution in [0.4, 0.5) is 4.39 Å². The highest BCUT2D eigenvalue weighted by Gasteiger charge is 2.08. The van der Waals surface area contributed by atoms with Gasteiger partial charge in [0.1, 0.15) is 23.2 Å². The first-order chi connectivity index (χ1) is 12.2. The van der Waals surface area contributed by atoms with Crippen LogP contribution in [-0.2, 0) is 12.4 Å². The lowest BCUT2D eigenvalue weighted by atomic mass is 10.1. The molecule has 0 amide bonds. The third-order valence-electron chi connectivity index (χ3n) is 3.49. The Balaban J connectivity index is 1.43. The first-order valence-electron chi connectivity index (χ1n) is 7.83. The maximum absolute atomic E-state index is 12.9. The molecule has 0 aliphatic heterocycles. The summed E-state index contributed by atoms with van der Waals surface area (Å²) in [7, 11) is 0. The smallest absolute Gasteiger partial charge is 0.140 e. The number of hydrogen-bond acceptors (Lipinski definition) is 5. The second-order valence-corrected chi connectivity index (χ2v) is 7.39. The standard InChI is InChI=1S/C19H18FNO2S2/c20-15-6-8-17(9-7-15)23-10-19-21-16(12-25-19)11-24-13-18(22)14-4-2-1-3-5-14/h1-9,12,18,22H,10-11,13H2. The minimum Gasteiger partial charge on any atom is -0.486 e. The molecule has 0 fully saturated rings. The fourth-order valence-corrected chi connectivity index (χ4v) is 3.91. The Morgan fingerprint density at radius 2 is 1.88 bits per heavy atom. The average molecular weight is 375 g/mol. The molecular weight excluding hydrogens is 357 g/mol. The molecule has 3 aromatic rings. The highest BCUT2D eigenvalue weighted by atomic mass is 32.2. The van der Waals surface area contributed by atoms with Gasteiger partial charge in [-0.15, -0.1) is 11.3 Å². The zero-order valence-corrected chi connectivity index (χ0v) is 15.1. The summed E-state index contributed by atoms with van der Waals surface area (Å²) in [4.78, 5) is 4.53. The van der Waals surface area contributed by atoms with Crippen molar-refractivity contribution in [1.29, 1.82) is 0 Å². The molecule has 0 bridgehead atoms. The van der Waals surface area contributed by atoms with Crippen LogP contribution in [0.15, 0.2) is 60.0 Å². The van der Waals surface area contributed by atoms with E-state index in [4.69, 9.17) is 4.74 Å². The normalized spacial score (nSPS) is 12.1. The zero-order valence-electron chi connectivity index (χ0n) is 13.5. The summed E-state index contributed by atoms with van der Waals surface area (Å²) in [5.74, 6) is 1.72. The van der Waals surface area contributed by atoms with E-state index in [1.165, 1.54) is 12.1 Å². The molecule has 0 saturated carbocycles. The van der Waals surface area contributed by atoms with E-state index in [1.54, 1.807) is 35.2 Å². The molecule has 1 heterocycles. The molecule has 25 heavy (non-hydrogen) atoms. The van der Waals surface area contributed by atoms with Gasteiger partial charge >= 0.3 is 0 Å². The van der Waals surface area contributed by atoms with E-state index >= 15 is 0 Å². The summed E-state index contributed by atoms with van der Waals surface area (Å²) in [6.45, 7) is 0.369. The van der Waals surface area contributed by atoms with Gasteiger partial charge in [0, 0.05) is 16.9 Å². The van der Waals surface area contributed by atoms with E-state index in [1.807, 2.05) is 35.7 Å². The van der Waals surface area contributed by atoms with Crippen LogP contribution in [0.3, 0.4) is 0 Å². The van der Waals surface area contributed by atoms with E-state index in [0.717, 1.165) is 22.0 Å². The van der Waals surface area contributed by atoms with E-state index in [0.29, 0.717) is 18.1 Å². The lowest BCUT2D eigenvalue weighted by Crippen LogP contribution is -2.00. The molecule has 3 nitrogen and oxygen atoms in total. The Hall–Kier alpha value is -1.89. The van der Waals surface area contributed by atoms with Gasteiger partial charge in [-0.1, -0.05) is 30.3 Å². The lowest BCUT2D eigenvalue weighted by molar-refractivity contribution is 0.204. The zero-order chi connectivity index (χ0) is 17.5. The van der Waals surface area contributed by atoms with Crippen molar-refractivity contribution in [1.82, 2.24) is 4.98 Å². The molecule has 1 atom stereocenters. The Morgan fingerprint density at radius 1 is 1.12 bits per heavy atom. The molecule has 3 rings (SSSR count). The number of aromatic nitrogens is 1. The first-order valence-corrected chi connectivity index (χ1v) is 9.86. The van der Waals surface area contributed by atoms with Crippen molar-refractivity contribution in [2.75, 3.05) is 5.75 Å². The number of benzene rings is 2. The van der Waals surface area contributed by atoms with Gasteiger partial charge in [-0.05, 0) is 29.8 Å². The van der Waals surface area contributed by atoms with Gasteiger partial charge < -0.3 is 9.84 Å². The average Bonchev–Trinajstić information content (AvgIpc) is 3.10. The van der Waals surface area contributed by atoms with Crippen molar-refractivity contribution in [2.24, 2.45) is 0 Å². The largest absolute Gasteiger partial charge is 0.486 e. The van der Waals surface area contributed by atoms with E-state index in [9.17, 15) is 9.50 Å². The van der Waals surface area contributed by atoms with Crippen LogP contribution in [0.5, 0.6) is 5.75 Å². The Labute approximate surface area is 154 Å². The summed E-state index contributed by atoms with van der Waals surface area (Å²) < 4.78 is 18.4. The van der Waals surface area contributed by atoms with Crippen LogP contribution in [0, 0.1) is 5.82 Å². The van der Waals surface area contributed by atoms with Crippen LogP contribution in [0.25, 0.3) is 0 Å². The van der Waals surface area contributed by atoms with Gasteiger partial charge in [-0.3, -0.25) is 0 Å². The van der Waals surface area contributed by atoms with Crippen molar-refractivity contribution in [3.63, 3.8) is 0 Å². The topological polar surface area (TPSA) is 42.4 Å². The van der Waals surface area contributed by atoms with Crippen molar-refractivity contribution < 1.29 is 14.2 Å². The second-order valence-electron chi connectivity index (χ2n) is 5.42. The minimum absolute atomic E-state index is 0.279. The van der Waals surface area contributed by atoms with E-state index in [2.05, 4.69) is 4.98 Å². The van der Waals surface area contributed by atoms with Crippen LogP contribution in [0.2, 0.25) is 0 Å². The third kappa shape index (κ3) is 5.56. The van der Waals surface area contributed by atoms with Crippen LogP contribution >= 0.6 is 23.1 Å². The summed E-state index contributed by atoms with van der Waals surface area (Å²) in [5, 5.41) is 13.0. The number of aliphatic hydroxyl groups is 1. The molecule has 0 aliphatic carbocycles. The molecule has 1 N–H and O–H groups in total. The second kappa shape index (κ2) is 8.99. The predicted molar refractivity (Wildman–Crippen MR) is 100 cm³/mol. The third-order valence-corrected chi connectivity index (χ3v) is 5.41. The number of halogens is 1. The van der Waals surface area contributed by atoms with Crippen molar-refractivity contribution in [3.05, 3.63) is 82.1 Å². The first kappa shape index (κ1) is 17.9. The van der Waals surface area contributed by atoms with Crippen molar-refractivity contribution >= 4 is 23.1 Å². The maximum Gasteiger partial charge on any atom is 0.140 e. The molecule has 0 aliphatic rings. The van der Waals surface area contributed by atoms with E-state index < -0.39 is 6.10 Å². The van der Waals surface area contributed by atoms with E-state index in [-0.39, 0.29) is 5.82 Å². The summed E-state index contributed by atoms with van der Waals surface area (Å²) in [6.07, 6.45) is -0.467. The number of thiazole rings is 1. The number of thioether (sulfide) groups is 1. The summed E-state index contributed by atoms with van der Waals surface area (Å²) in [5.41, 5.74) is 1.91. The number of rotatable bonds is 8. The van der Waals surface area contributed by atoms with Crippen LogP contribution in [-0.4, -0.2) is 15.8 Å². The van der Waals surface area contributed by atoms with Gasteiger partial charge in [0.15, 0.2) is 0 Å². The number of hydrogen-bond donors (Lipinski definition) is 1. The highest BCUT2D eigenvalue weighted by molar-refractivity contribution is 7.98. The fourth-order valence-electron chi connectivity index (χ4n) is 2.20. The molecule has 0 radical (unpaired) electrons. The summed E-state index contributed by atoms with van der Waals surface area (Å²) >= 11 is 3.19. The highest BCUT2D eigenvalue weighted by Crippen LogP contribution is 2.22. The van der Waals surface area contributed by atoms with Crippen molar-refractivity contribution in [2.45, 2.75) is 18.5 Å². The number of ether oxygens (including phenoxy) is 1. The molecule has 1 aromatic heterocycles. The summed E-state index contributed by atoms with van der Waals surface area (Å²) in [6, 6.07) is 15.6. The molecule has 0 spiro atoms. The molecule has 6 heteroatoms. The van der Waals surface area contributed by atoms with Gasteiger partial charge in [0.05, 0.1) is 11.8 Å². The molecule has 2 aromatic carbocycles. The Morgan fingerprint density at radius 3 is 2.64 bits per heavy atom. The number of aliphatic hydroxyl groups excluding tert-OH is 1. The SMILES string of the molecule is OC(CSCc1csc(COc2ccc(F)cc2)n1)c1ccccc1. The maximum atomic E-state index is 12.9. The molecule has 1 unspecified atom stereocenters. The molecule has 130 valence electrons. The fraction of sp³-hybridized carbons (Fsp3) is 0.211. The van der Waals surface area contributed by atoms with Gasteiger partial charge in [-0.2, -0.15) is 11.8 Å². The van der Waals surface area contributed by atoms with Gasteiger partial charge in [-0.25, -0.2) is 9.37 Å². The minimum atomic E-state index is -0.467. The van der Waals surface area contributed by atoms with Gasteiger partial charge in [0.2, 0.25) is 0 Å². The van der Waals surface area contributed by atoms with Crippen LogP contribution < -0.4 is 4.74 Å². The molecular formula is C19H18FNO2S2. The van der Waals surface area contributed by atoms with Crippen LogP contribution in [0.1, 0.15) is 22.4 Å². The molecule has 0 saturated heterocycles. The van der Waals surface area contributed by atoms with Crippen molar-refractivity contribution in [3.8, 4) is 5.75 Å². The quantitative estimate of drug-likeness (QED) is 0.612. The monoisotopic (exact) mass is 375 g/mol. The van der Waals surface area contributed by atoms with Gasteiger partial charge in [0.25, 0.3) is 0 Å². The Bertz CT molecular complexity index is 778. The number of nitrogens with zero attached hydrogens (tertiary/aromatic N) is 1. The Kier molecular flexibility index (Phi) is 6.44.